The smallest absolute Gasteiger partial charge is 0.183 e. The van der Waals surface area contributed by atoms with Gasteiger partial charge in [-0.25, -0.2) is 4.98 Å². The monoisotopic (exact) mass is 289 g/mol. The van der Waals surface area contributed by atoms with E-state index in [1.807, 2.05) is 54.6 Å². The van der Waals surface area contributed by atoms with E-state index < -0.39 is 0 Å². The Balaban J connectivity index is 2.13. The van der Waals surface area contributed by atoms with Gasteiger partial charge in [-0.3, -0.25) is 0 Å². The Morgan fingerprint density at radius 3 is 2.32 bits per heavy atom. The van der Waals surface area contributed by atoms with E-state index in [2.05, 4.69) is 4.98 Å². The van der Waals surface area contributed by atoms with Gasteiger partial charge in [0.2, 0.25) is 0 Å². The molecule has 19 heavy (non-hydrogen) atoms. The van der Waals surface area contributed by atoms with E-state index in [0.29, 0.717) is 16.5 Å². The van der Waals surface area contributed by atoms with Crippen LogP contribution in [0.4, 0.5) is 0 Å². The van der Waals surface area contributed by atoms with Gasteiger partial charge in [0.15, 0.2) is 10.9 Å². The number of para-hydroxylation sites is 2. The number of halogens is 2. The molecule has 0 bridgehead atoms. The third-order valence-corrected chi connectivity index (χ3v) is 3.34. The normalized spacial score (nSPS) is 10.6. The summed E-state index contributed by atoms with van der Waals surface area (Å²) in [5, 5.41) is 1.55. The van der Waals surface area contributed by atoms with Crippen molar-refractivity contribution in [2.75, 3.05) is 0 Å². The fraction of sp³-hybridized carbons (Fsp3) is 0. The Labute approximate surface area is 120 Å². The van der Waals surface area contributed by atoms with Crippen molar-refractivity contribution in [3.05, 3.63) is 64.8 Å². The van der Waals surface area contributed by atoms with Crippen molar-refractivity contribution in [1.82, 2.24) is 4.98 Å². The third kappa shape index (κ3) is 2.37. The summed E-state index contributed by atoms with van der Waals surface area (Å²) >= 11 is 12.5. The number of nitrogens with zero attached hydrogens (tertiary/aromatic N) is 1. The number of aromatic nitrogens is 1. The summed E-state index contributed by atoms with van der Waals surface area (Å²) in [7, 11) is 0. The fourth-order valence-electron chi connectivity index (χ4n) is 1.82. The van der Waals surface area contributed by atoms with E-state index in [9.17, 15) is 0 Å². The topological polar surface area (TPSA) is 22.1 Å². The van der Waals surface area contributed by atoms with Gasteiger partial charge in [0, 0.05) is 5.39 Å². The summed E-state index contributed by atoms with van der Waals surface area (Å²) in [4.78, 5) is 4.29. The zero-order chi connectivity index (χ0) is 13.2. The molecule has 0 unspecified atom stereocenters. The molecule has 4 heteroatoms. The molecule has 0 saturated carbocycles. The van der Waals surface area contributed by atoms with Crippen LogP contribution in [-0.4, -0.2) is 4.98 Å². The van der Waals surface area contributed by atoms with Crippen LogP contribution in [0.1, 0.15) is 0 Å². The molecule has 3 aromatic rings. The van der Waals surface area contributed by atoms with Crippen molar-refractivity contribution in [2.45, 2.75) is 0 Å². The van der Waals surface area contributed by atoms with Crippen LogP contribution in [0.15, 0.2) is 54.6 Å². The van der Waals surface area contributed by atoms with Crippen molar-refractivity contribution in [3.8, 4) is 11.5 Å². The van der Waals surface area contributed by atoms with Crippen LogP contribution in [0.5, 0.6) is 11.5 Å². The lowest BCUT2D eigenvalue weighted by atomic mass is 10.2. The number of fused-ring (bicyclic) bond motifs is 1. The molecule has 3 rings (SSSR count). The van der Waals surface area contributed by atoms with Crippen molar-refractivity contribution >= 4 is 34.1 Å². The lowest BCUT2D eigenvalue weighted by Gasteiger charge is -2.10. The Kier molecular flexibility index (Phi) is 3.28. The first-order valence-electron chi connectivity index (χ1n) is 5.72. The molecule has 0 fully saturated rings. The summed E-state index contributed by atoms with van der Waals surface area (Å²) in [6.07, 6.45) is 0. The first-order chi connectivity index (χ1) is 9.25. The van der Waals surface area contributed by atoms with Crippen LogP contribution in [-0.2, 0) is 0 Å². The van der Waals surface area contributed by atoms with Crippen LogP contribution >= 0.6 is 23.2 Å². The zero-order valence-electron chi connectivity index (χ0n) is 9.81. The minimum atomic E-state index is 0.257. The minimum absolute atomic E-state index is 0.257. The predicted molar refractivity (Wildman–Crippen MR) is 78.3 cm³/mol. The summed E-state index contributed by atoms with van der Waals surface area (Å²) < 4.78 is 5.72. The molecule has 0 N–H and O–H groups in total. The standard InChI is InChI=1S/C15H9Cl2NO/c16-13-11-8-4-5-9-12(11)18-15(17)14(13)19-10-6-2-1-3-7-10/h1-9H. The largest absolute Gasteiger partial charge is 0.453 e. The molecule has 0 radical (unpaired) electrons. The first kappa shape index (κ1) is 12.3. The molecular formula is C15H9Cl2NO. The van der Waals surface area contributed by atoms with Crippen molar-refractivity contribution < 1.29 is 4.74 Å². The molecule has 0 atom stereocenters. The molecule has 2 aromatic carbocycles. The first-order valence-corrected chi connectivity index (χ1v) is 6.48. The summed E-state index contributed by atoms with van der Waals surface area (Å²) in [5.41, 5.74) is 0.748. The number of hydrogen-bond donors (Lipinski definition) is 0. The molecule has 0 aliphatic heterocycles. The highest BCUT2D eigenvalue weighted by Crippen LogP contribution is 2.39. The quantitative estimate of drug-likeness (QED) is 0.595. The summed E-state index contributed by atoms with van der Waals surface area (Å²) in [6, 6.07) is 16.9. The molecule has 0 saturated heterocycles. The van der Waals surface area contributed by atoms with Gasteiger partial charge in [-0.1, -0.05) is 59.6 Å². The second-order valence-corrected chi connectivity index (χ2v) is 4.71. The average molecular weight is 290 g/mol. The Bertz CT molecular complexity index is 729. The minimum Gasteiger partial charge on any atom is -0.453 e. The Morgan fingerprint density at radius 1 is 0.842 bits per heavy atom. The van der Waals surface area contributed by atoms with Gasteiger partial charge in [0.25, 0.3) is 0 Å². The molecule has 1 aromatic heterocycles. The highest BCUT2D eigenvalue weighted by atomic mass is 35.5. The van der Waals surface area contributed by atoms with Crippen LogP contribution < -0.4 is 4.74 Å². The average Bonchev–Trinajstić information content (AvgIpc) is 2.45. The van der Waals surface area contributed by atoms with Crippen LogP contribution in [0.2, 0.25) is 10.2 Å². The van der Waals surface area contributed by atoms with Gasteiger partial charge in [-0.15, -0.1) is 0 Å². The van der Waals surface area contributed by atoms with Crippen molar-refractivity contribution in [2.24, 2.45) is 0 Å². The highest BCUT2D eigenvalue weighted by molar-refractivity contribution is 6.40. The number of rotatable bonds is 2. The summed E-state index contributed by atoms with van der Waals surface area (Å²) in [6.45, 7) is 0. The second-order valence-electron chi connectivity index (χ2n) is 3.98. The molecule has 1 heterocycles. The van der Waals surface area contributed by atoms with E-state index >= 15 is 0 Å². The van der Waals surface area contributed by atoms with Gasteiger partial charge < -0.3 is 4.74 Å². The highest BCUT2D eigenvalue weighted by Gasteiger charge is 2.14. The molecule has 94 valence electrons. The van der Waals surface area contributed by atoms with E-state index in [0.717, 1.165) is 10.9 Å². The number of ether oxygens (including phenoxy) is 1. The maximum Gasteiger partial charge on any atom is 0.183 e. The van der Waals surface area contributed by atoms with Gasteiger partial charge >= 0.3 is 0 Å². The molecule has 0 aliphatic rings. The van der Waals surface area contributed by atoms with E-state index in [1.54, 1.807) is 0 Å². The molecule has 0 spiro atoms. The SMILES string of the molecule is Clc1nc2ccccc2c(Cl)c1Oc1ccccc1. The van der Waals surface area contributed by atoms with Crippen LogP contribution in [0, 0.1) is 0 Å². The van der Waals surface area contributed by atoms with Gasteiger partial charge in [-0.05, 0) is 18.2 Å². The van der Waals surface area contributed by atoms with Gasteiger partial charge in [-0.2, -0.15) is 0 Å². The van der Waals surface area contributed by atoms with Crippen molar-refractivity contribution in [1.29, 1.82) is 0 Å². The summed E-state index contributed by atoms with van der Waals surface area (Å²) in [5.74, 6) is 1.05. The maximum absolute atomic E-state index is 6.35. The van der Waals surface area contributed by atoms with E-state index in [-0.39, 0.29) is 5.15 Å². The van der Waals surface area contributed by atoms with E-state index in [1.165, 1.54) is 0 Å². The fourth-order valence-corrected chi connectivity index (χ4v) is 2.38. The number of hydrogen-bond acceptors (Lipinski definition) is 2. The van der Waals surface area contributed by atoms with Gasteiger partial charge in [0.05, 0.1) is 10.5 Å². The second kappa shape index (κ2) is 5.08. The molecule has 0 amide bonds. The van der Waals surface area contributed by atoms with E-state index in [4.69, 9.17) is 27.9 Å². The van der Waals surface area contributed by atoms with Crippen molar-refractivity contribution in [3.63, 3.8) is 0 Å². The lowest BCUT2D eigenvalue weighted by molar-refractivity contribution is 0.482. The Hall–Kier alpha value is -1.77. The molecule has 0 aliphatic carbocycles. The van der Waals surface area contributed by atoms with Crippen LogP contribution in [0.3, 0.4) is 0 Å². The maximum atomic E-state index is 6.35. The number of benzene rings is 2. The Morgan fingerprint density at radius 2 is 1.53 bits per heavy atom. The molecular weight excluding hydrogens is 281 g/mol. The molecule has 2 nitrogen and oxygen atoms in total. The van der Waals surface area contributed by atoms with Gasteiger partial charge in [0.1, 0.15) is 5.75 Å². The lowest BCUT2D eigenvalue weighted by Crippen LogP contribution is -1.90. The van der Waals surface area contributed by atoms with Crippen LogP contribution in [0.25, 0.3) is 10.9 Å². The third-order valence-electron chi connectivity index (χ3n) is 2.71. The number of pyridine rings is 1. The predicted octanol–water partition coefficient (Wildman–Crippen LogP) is 5.33. The zero-order valence-corrected chi connectivity index (χ0v) is 11.3.